The molecule has 590 valence electrons. The van der Waals surface area contributed by atoms with E-state index in [1.165, 1.54) is 190 Å². The molecule has 5 aliphatic carbocycles. The maximum Gasteiger partial charge on any atom is 0.394 e. The van der Waals surface area contributed by atoms with Gasteiger partial charge in [0.1, 0.15) is 0 Å². The van der Waals surface area contributed by atoms with Crippen molar-refractivity contribution in [1.82, 2.24) is 0 Å². The minimum absolute atomic E-state index is 0.241. The highest BCUT2D eigenvalue weighted by molar-refractivity contribution is 5.43. The van der Waals surface area contributed by atoms with Gasteiger partial charge in [-0.25, -0.2) is 0 Å². The zero-order chi connectivity index (χ0) is 78.5. The third-order valence-electron chi connectivity index (χ3n) is 24.9. The molecule has 0 saturated heterocycles. The van der Waals surface area contributed by atoms with Gasteiger partial charge in [-0.15, -0.1) is 0 Å². The Morgan fingerprint density at radius 1 is 0.426 bits per heavy atom. The molecule has 8 rings (SSSR count). The van der Waals surface area contributed by atoms with Gasteiger partial charge in [0.05, 0.1) is 5.41 Å². The summed E-state index contributed by atoms with van der Waals surface area (Å²) in [5, 5.41) is 0. The SMILES string of the molecule is CC.CC1CCC2(CC1)CC(C)(C)CC(C)(C)C2.CC1CCC2(CC1)CCC(C)(C)CC2.CCC(C)CC.CCC1(C(F)(F)F)CCCC1.CCCCC(C)CC.Cc1c(C(C)C)cc(C(C)C)cc1C(C)C.Cc1ccc(C(C)(C)C)cc1C(C)(C)C.Cc1ccc(C(C)C)cc1C(C)C. The van der Waals surface area contributed by atoms with E-state index in [1.807, 2.05) is 13.8 Å². The first-order chi connectivity index (χ1) is 46.4. The molecule has 1 atom stereocenters. The zero-order valence-electron chi connectivity index (χ0n) is 74.8. The molecule has 101 heavy (non-hydrogen) atoms. The van der Waals surface area contributed by atoms with Gasteiger partial charge >= 0.3 is 6.18 Å². The maximum atomic E-state index is 12.4. The fraction of sp³-hybridized carbons (Fsp3) is 0.816. The molecule has 1 unspecified atom stereocenters. The average Bonchev–Trinajstić information content (AvgIpc) is 1.72. The smallest absolute Gasteiger partial charge is 0.171 e. The molecule has 2 spiro atoms. The molecule has 3 aromatic rings. The predicted octanol–water partition coefficient (Wildman–Crippen LogP) is 34.6. The summed E-state index contributed by atoms with van der Waals surface area (Å²) < 4.78 is 37.2. The van der Waals surface area contributed by atoms with Crippen LogP contribution in [0.15, 0.2) is 48.5 Å². The molecule has 5 fully saturated rings. The van der Waals surface area contributed by atoms with Crippen LogP contribution in [0.5, 0.6) is 0 Å². The zero-order valence-corrected chi connectivity index (χ0v) is 74.8. The predicted molar refractivity (Wildman–Crippen MR) is 452 cm³/mol. The lowest BCUT2D eigenvalue weighted by Gasteiger charge is -2.54. The highest BCUT2D eigenvalue weighted by atomic mass is 19.4. The Morgan fingerprint density at radius 3 is 1.15 bits per heavy atom. The van der Waals surface area contributed by atoms with E-state index in [2.05, 4.69) is 277 Å². The monoisotopic (exact) mass is 1410 g/mol. The Bertz CT molecular complexity index is 2600. The van der Waals surface area contributed by atoms with Crippen LogP contribution in [-0.2, 0) is 10.8 Å². The van der Waals surface area contributed by atoms with Gasteiger partial charge in [-0.3, -0.25) is 0 Å². The summed E-state index contributed by atoms with van der Waals surface area (Å²) in [5.74, 6) is 7.02. The van der Waals surface area contributed by atoms with Gasteiger partial charge in [0.2, 0.25) is 0 Å². The fourth-order valence-corrected chi connectivity index (χ4v) is 17.4. The first-order valence-electron chi connectivity index (χ1n) is 42.8. The summed E-state index contributed by atoms with van der Waals surface area (Å²) in [6.45, 7) is 82.0. The second-order valence-corrected chi connectivity index (χ2v) is 40.0. The van der Waals surface area contributed by atoms with E-state index in [0.29, 0.717) is 64.1 Å². The van der Waals surface area contributed by atoms with Crippen molar-refractivity contribution in [2.45, 2.75) is 463 Å². The molecule has 5 aliphatic rings. The molecule has 5 saturated carbocycles. The molecule has 0 radical (unpaired) electrons. The lowest BCUT2D eigenvalue weighted by molar-refractivity contribution is -0.223. The number of alkyl halides is 3. The number of aryl methyl sites for hydroxylation is 2. The van der Waals surface area contributed by atoms with E-state index >= 15 is 0 Å². The number of halogens is 3. The van der Waals surface area contributed by atoms with Gasteiger partial charge in [0.25, 0.3) is 0 Å². The summed E-state index contributed by atoms with van der Waals surface area (Å²) in [6.07, 6.45) is 29.0. The quantitative estimate of drug-likeness (QED) is 0.170. The first-order valence-corrected chi connectivity index (χ1v) is 42.8. The minimum atomic E-state index is -3.97. The van der Waals surface area contributed by atoms with Crippen LogP contribution < -0.4 is 0 Å². The van der Waals surface area contributed by atoms with Crippen LogP contribution in [-0.4, -0.2) is 6.18 Å². The number of hydrogen-bond acceptors (Lipinski definition) is 0. The van der Waals surface area contributed by atoms with Crippen LogP contribution in [0, 0.1) is 76.9 Å². The van der Waals surface area contributed by atoms with Crippen molar-refractivity contribution in [3.63, 3.8) is 0 Å². The summed E-state index contributed by atoms with van der Waals surface area (Å²) in [5.41, 5.74) is 17.1. The number of unbranched alkanes of at least 4 members (excludes halogenated alkanes) is 1. The lowest BCUT2D eigenvalue weighted by atomic mass is 9.51. The Kier molecular flexibility index (Phi) is 43.5. The van der Waals surface area contributed by atoms with Crippen molar-refractivity contribution >= 4 is 0 Å². The number of benzene rings is 3. The fourth-order valence-electron chi connectivity index (χ4n) is 17.4. The normalized spacial score (nSPS) is 19.3. The molecule has 3 aromatic carbocycles. The second kappa shape index (κ2) is 44.7. The molecule has 3 heteroatoms. The van der Waals surface area contributed by atoms with E-state index in [-0.39, 0.29) is 17.3 Å². The van der Waals surface area contributed by atoms with Gasteiger partial charge in [-0.05, 0) is 257 Å². The van der Waals surface area contributed by atoms with Gasteiger partial charge < -0.3 is 0 Å². The van der Waals surface area contributed by atoms with Crippen LogP contribution in [0.25, 0.3) is 0 Å². The molecule has 0 heterocycles. The summed E-state index contributed by atoms with van der Waals surface area (Å²) in [7, 11) is 0. The summed E-state index contributed by atoms with van der Waals surface area (Å²) >= 11 is 0. The van der Waals surface area contributed by atoms with Gasteiger partial charge in [0.15, 0.2) is 0 Å². The van der Waals surface area contributed by atoms with Crippen LogP contribution in [0.3, 0.4) is 0 Å². The third kappa shape index (κ3) is 35.4. The van der Waals surface area contributed by atoms with Crippen LogP contribution in [0.4, 0.5) is 13.2 Å². The van der Waals surface area contributed by atoms with Crippen molar-refractivity contribution in [2.75, 3.05) is 0 Å². The number of rotatable bonds is 12. The van der Waals surface area contributed by atoms with E-state index in [9.17, 15) is 13.2 Å². The van der Waals surface area contributed by atoms with E-state index in [0.717, 1.165) is 41.9 Å². The highest BCUT2D eigenvalue weighted by Gasteiger charge is 2.54. The molecule has 0 aliphatic heterocycles. The Hall–Kier alpha value is -2.55. The van der Waals surface area contributed by atoms with E-state index in [1.54, 1.807) is 6.92 Å². The van der Waals surface area contributed by atoms with Crippen LogP contribution in [0.1, 0.15) is 481 Å². The number of hydrogen-bond donors (Lipinski definition) is 0. The second-order valence-electron chi connectivity index (χ2n) is 40.0. The van der Waals surface area contributed by atoms with Gasteiger partial charge in [-0.1, -0.05) is 354 Å². The summed E-state index contributed by atoms with van der Waals surface area (Å²) in [6, 6.07) is 18.5. The maximum absolute atomic E-state index is 12.4. The molecular weight excluding hydrogens is 1230 g/mol. The lowest BCUT2D eigenvalue weighted by Crippen LogP contribution is -2.43. The minimum Gasteiger partial charge on any atom is -0.171 e. The topological polar surface area (TPSA) is 0 Å². The standard InChI is InChI=1S/C16H30.C16H26.C15H24.C14H26.C13H20.C8H13F3.C8H18.C6H14.C2H6/c1-13-6-8-16(9-7-13)11-14(2,3)10-15(4,5)12-16;1-10(2)14-8-15(11(3)4)13(7)16(9-14)12(5)6;1-11-8-9-12(14(2,3)4)10-13(11)15(5,6)7;1-12-4-6-14(7-5-12)10-8-13(2,3)9-11-14;1-9(2)12-7-6-11(5)13(8-12)10(3)4;1-2-7(8(9,10)11)5-3-4-6-7;1-4-6-7-8(3)5-2;1-4-6(3)5-2;1-2/h13H,6-12H2,1-5H3;8-12H,1-7H3;8-10H,1-7H3;12H,4-11H2,1-3H3;6-10H,1-5H3;2-6H2,1H3;8H,4-7H2,1-3H3;6H,4-5H2,1-3H3;1-2H3. The van der Waals surface area contributed by atoms with Gasteiger partial charge in [0, 0.05) is 0 Å². The molecule has 0 amide bonds. The van der Waals surface area contributed by atoms with Gasteiger partial charge in [-0.2, -0.15) is 13.2 Å². The van der Waals surface area contributed by atoms with Crippen LogP contribution >= 0.6 is 0 Å². The molecule has 0 N–H and O–H groups in total. The molecule has 0 bridgehead atoms. The molecule has 0 nitrogen and oxygen atoms in total. The van der Waals surface area contributed by atoms with E-state index in [4.69, 9.17) is 0 Å². The third-order valence-corrected chi connectivity index (χ3v) is 24.9. The summed E-state index contributed by atoms with van der Waals surface area (Å²) in [4.78, 5) is 0. The molecular formula is C98H177F3. The highest BCUT2D eigenvalue weighted by Crippen LogP contribution is 2.60. The Balaban J connectivity index is 0.00000114. The van der Waals surface area contributed by atoms with E-state index < -0.39 is 11.6 Å². The van der Waals surface area contributed by atoms with Crippen molar-refractivity contribution < 1.29 is 13.2 Å². The largest absolute Gasteiger partial charge is 0.394 e. The van der Waals surface area contributed by atoms with Crippen LogP contribution in [0.2, 0.25) is 0 Å². The average molecular weight is 1410 g/mol. The van der Waals surface area contributed by atoms with Crippen molar-refractivity contribution in [3.8, 4) is 0 Å². The van der Waals surface area contributed by atoms with Crippen molar-refractivity contribution in [2.24, 2.45) is 56.2 Å². The first kappa shape index (κ1) is 98.5. The van der Waals surface area contributed by atoms with Crippen molar-refractivity contribution in [1.29, 1.82) is 0 Å². The Labute approximate surface area is 632 Å². The van der Waals surface area contributed by atoms with Crippen molar-refractivity contribution in [3.05, 3.63) is 104 Å². The Morgan fingerprint density at radius 2 is 0.822 bits per heavy atom. The molecule has 0 aromatic heterocycles.